The van der Waals surface area contributed by atoms with Crippen LogP contribution in [0.15, 0.2) is 28.7 Å². The number of benzene rings is 1. The van der Waals surface area contributed by atoms with Crippen LogP contribution in [0.4, 0.5) is 57.1 Å². The van der Waals surface area contributed by atoms with Crippen LogP contribution >= 0.6 is 15.9 Å². The molecule has 0 aliphatic carbocycles. The lowest BCUT2D eigenvalue weighted by Crippen LogP contribution is -2.70. The van der Waals surface area contributed by atoms with E-state index in [2.05, 4.69) is 15.9 Å². The van der Waals surface area contributed by atoms with Crippen molar-refractivity contribution in [1.82, 2.24) is 0 Å². The molecular formula is C13H6BrF13O. The molecule has 28 heavy (non-hydrogen) atoms. The number of hydrogen-bond acceptors (Lipinski definition) is 1. The van der Waals surface area contributed by atoms with Crippen LogP contribution in [-0.2, 0) is 0 Å². The molecule has 1 aromatic rings. The van der Waals surface area contributed by atoms with Crippen molar-refractivity contribution in [2.75, 3.05) is 0 Å². The van der Waals surface area contributed by atoms with E-state index in [0.29, 0.717) is 12.1 Å². The Morgan fingerprint density at radius 3 is 1.50 bits per heavy atom. The van der Waals surface area contributed by atoms with Gasteiger partial charge in [0.15, 0.2) is 0 Å². The van der Waals surface area contributed by atoms with E-state index in [1.165, 1.54) is 0 Å². The van der Waals surface area contributed by atoms with E-state index in [4.69, 9.17) is 0 Å². The SMILES string of the molecule is OC(c1cccc(Br)c1)C(F)(F)C(F)(F)C(F)(F)C(F)(F)C(F)(F)C(F)(F)F. The molecule has 0 saturated carbocycles. The molecule has 0 spiro atoms. The highest BCUT2D eigenvalue weighted by molar-refractivity contribution is 9.10. The fraction of sp³-hybridized carbons (Fsp3) is 0.538. The third-order valence-corrected chi connectivity index (χ3v) is 3.96. The van der Waals surface area contributed by atoms with Crippen LogP contribution in [0.25, 0.3) is 0 Å². The van der Waals surface area contributed by atoms with E-state index in [0.717, 1.165) is 12.1 Å². The Kier molecular flexibility index (Phi) is 6.12. The monoisotopic (exact) mass is 504 g/mol. The highest BCUT2D eigenvalue weighted by atomic mass is 79.9. The molecule has 0 radical (unpaired) electrons. The molecule has 1 unspecified atom stereocenters. The number of aliphatic hydroxyl groups excluding tert-OH is 1. The second-order valence-electron chi connectivity index (χ2n) is 5.38. The number of aliphatic hydroxyl groups is 1. The third-order valence-electron chi connectivity index (χ3n) is 3.47. The summed E-state index contributed by atoms with van der Waals surface area (Å²) in [6, 6.07) is 2.83. The predicted octanol–water partition coefficient (Wildman–Crippen LogP) is 6.22. The molecular weight excluding hydrogens is 499 g/mol. The van der Waals surface area contributed by atoms with Gasteiger partial charge in [0.05, 0.1) is 0 Å². The van der Waals surface area contributed by atoms with Gasteiger partial charge in [-0.15, -0.1) is 0 Å². The van der Waals surface area contributed by atoms with Crippen molar-refractivity contribution in [1.29, 1.82) is 0 Å². The van der Waals surface area contributed by atoms with E-state index < -0.39 is 47.5 Å². The molecule has 0 aliphatic heterocycles. The third kappa shape index (κ3) is 3.44. The fourth-order valence-corrected chi connectivity index (χ4v) is 2.26. The van der Waals surface area contributed by atoms with Gasteiger partial charge in [-0.25, -0.2) is 0 Å². The average Bonchev–Trinajstić information content (AvgIpc) is 2.52. The zero-order valence-corrected chi connectivity index (χ0v) is 14.2. The Balaban J connectivity index is 3.52. The highest BCUT2D eigenvalue weighted by Gasteiger charge is 2.91. The standard InChI is InChI=1S/C13H6BrF13O/c14-6-3-1-2-5(4-6)7(28)8(15,16)9(17,18)10(19,20)11(21,22)12(23,24)13(25,26)27/h1-4,7,28H. The molecule has 0 amide bonds. The first-order valence-electron chi connectivity index (χ1n) is 6.55. The van der Waals surface area contributed by atoms with Gasteiger partial charge in [0.2, 0.25) is 0 Å². The predicted molar refractivity (Wildman–Crippen MR) is 69.9 cm³/mol. The molecule has 0 aromatic heterocycles. The minimum atomic E-state index is -8.00. The van der Waals surface area contributed by atoms with Gasteiger partial charge in [-0.1, -0.05) is 28.1 Å². The van der Waals surface area contributed by atoms with Crippen molar-refractivity contribution < 1.29 is 62.2 Å². The lowest BCUT2D eigenvalue weighted by Gasteiger charge is -2.40. The largest absolute Gasteiger partial charge is 0.460 e. The first-order chi connectivity index (χ1) is 12.2. The van der Waals surface area contributed by atoms with Crippen LogP contribution in [0, 0.1) is 0 Å². The number of rotatable bonds is 6. The second kappa shape index (κ2) is 6.92. The minimum absolute atomic E-state index is 0.177. The first-order valence-corrected chi connectivity index (χ1v) is 7.35. The molecule has 1 aromatic carbocycles. The Labute approximate surface area is 155 Å². The van der Waals surface area contributed by atoms with Crippen LogP contribution in [0.5, 0.6) is 0 Å². The van der Waals surface area contributed by atoms with Crippen molar-refractivity contribution in [3.8, 4) is 0 Å². The molecule has 0 bridgehead atoms. The number of hydrogen-bond donors (Lipinski definition) is 1. The van der Waals surface area contributed by atoms with Gasteiger partial charge in [0, 0.05) is 4.47 Å². The van der Waals surface area contributed by atoms with Crippen LogP contribution in [0.2, 0.25) is 0 Å². The van der Waals surface area contributed by atoms with E-state index >= 15 is 0 Å². The molecule has 0 fully saturated rings. The van der Waals surface area contributed by atoms with Gasteiger partial charge in [-0.3, -0.25) is 0 Å². The summed E-state index contributed by atoms with van der Waals surface area (Å²) in [5.74, 6) is -37.9. The summed E-state index contributed by atoms with van der Waals surface area (Å²) in [4.78, 5) is 0. The van der Waals surface area contributed by atoms with Crippen LogP contribution in [0.1, 0.15) is 11.7 Å². The first kappa shape index (κ1) is 24.8. The quantitative estimate of drug-likeness (QED) is 0.456. The second-order valence-corrected chi connectivity index (χ2v) is 6.29. The Morgan fingerprint density at radius 1 is 0.679 bits per heavy atom. The van der Waals surface area contributed by atoms with Crippen molar-refractivity contribution in [3.05, 3.63) is 34.3 Å². The van der Waals surface area contributed by atoms with Crippen LogP contribution in [0.3, 0.4) is 0 Å². The van der Waals surface area contributed by atoms with Gasteiger partial charge in [0.25, 0.3) is 0 Å². The van der Waals surface area contributed by atoms with Crippen molar-refractivity contribution in [2.24, 2.45) is 0 Å². The summed E-state index contributed by atoms with van der Waals surface area (Å²) in [5.41, 5.74) is -1.25. The molecule has 0 aliphatic rings. The van der Waals surface area contributed by atoms with Crippen molar-refractivity contribution in [2.45, 2.75) is 41.9 Å². The summed E-state index contributed by atoms with van der Waals surface area (Å²) in [6.45, 7) is 0. The summed E-state index contributed by atoms with van der Waals surface area (Å²) in [5, 5.41) is 9.26. The lowest BCUT2D eigenvalue weighted by molar-refractivity contribution is -0.444. The molecule has 15 heteroatoms. The topological polar surface area (TPSA) is 20.2 Å². The maximum atomic E-state index is 13.8. The summed E-state index contributed by atoms with van der Waals surface area (Å²) in [7, 11) is 0. The van der Waals surface area contributed by atoms with Crippen molar-refractivity contribution in [3.63, 3.8) is 0 Å². The number of alkyl halides is 13. The summed E-state index contributed by atoms with van der Waals surface area (Å²) < 4.78 is 169. The Hall–Kier alpha value is -1.25. The Bertz CT molecular complexity index is 713. The zero-order valence-electron chi connectivity index (χ0n) is 12.6. The fourth-order valence-electron chi connectivity index (χ4n) is 1.84. The van der Waals surface area contributed by atoms with Crippen molar-refractivity contribution >= 4 is 15.9 Å². The molecule has 1 nitrogen and oxygen atoms in total. The van der Waals surface area contributed by atoms with Gasteiger partial charge in [0.1, 0.15) is 6.10 Å². The van der Waals surface area contributed by atoms with Crippen LogP contribution in [-0.4, -0.2) is 40.9 Å². The lowest BCUT2D eigenvalue weighted by atomic mass is 9.89. The van der Waals surface area contributed by atoms with E-state index in [-0.39, 0.29) is 4.47 Å². The maximum Gasteiger partial charge on any atom is 0.460 e. The van der Waals surface area contributed by atoms with E-state index in [1.54, 1.807) is 0 Å². The summed E-state index contributed by atoms with van der Waals surface area (Å²) >= 11 is 2.63. The van der Waals surface area contributed by atoms with E-state index in [1.807, 2.05) is 0 Å². The minimum Gasteiger partial charge on any atom is -0.382 e. The highest BCUT2D eigenvalue weighted by Crippen LogP contribution is 2.61. The maximum absolute atomic E-state index is 13.8. The molecule has 162 valence electrons. The van der Waals surface area contributed by atoms with Crippen LogP contribution < -0.4 is 0 Å². The van der Waals surface area contributed by atoms with Gasteiger partial charge in [-0.2, -0.15) is 57.1 Å². The van der Waals surface area contributed by atoms with Gasteiger partial charge in [-0.05, 0) is 17.7 Å². The van der Waals surface area contributed by atoms with Gasteiger partial charge >= 0.3 is 35.8 Å². The molecule has 1 N–H and O–H groups in total. The van der Waals surface area contributed by atoms with Gasteiger partial charge < -0.3 is 5.11 Å². The van der Waals surface area contributed by atoms with E-state index in [9.17, 15) is 62.2 Å². The molecule has 1 atom stereocenters. The normalized spacial score (nSPS) is 16.2. The smallest absolute Gasteiger partial charge is 0.382 e. The number of halogens is 14. The summed E-state index contributed by atoms with van der Waals surface area (Å²) in [6.07, 6.45) is -11.4. The molecule has 0 saturated heterocycles. The average molecular weight is 505 g/mol. The molecule has 0 heterocycles. The molecule has 1 rings (SSSR count). The Morgan fingerprint density at radius 2 is 1.11 bits per heavy atom. The zero-order chi connectivity index (χ0) is 22.6.